The van der Waals surface area contributed by atoms with Crippen molar-refractivity contribution < 1.29 is 9.15 Å². The summed E-state index contributed by atoms with van der Waals surface area (Å²) in [7, 11) is 0. The first kappa shape index (κ1) is 22.9. The topological polar surface area (TPSA) is 83.0 Å². The van der Waals surface area contributed by atoms with Crippen molar-refractivity contribution in [2.24, 2.45) is 0 Å². The zero-order valence-electron chi connectivity index (χ0n) is 19.4. The number of ether oxygens (including phenoxy) is 1. The highest BCUT2D eigenvalue weighted by Gasteiger charge is 2.18. The molecule has 5 rings (SSSR count). The fourth-order valence-corrected chi connectivity index (χ4v) is 4.45. The smallest absolute Gasteiger partial charge is 0.277 e. The summed E-state index contributed by atoms with van der Waals surface area (Å²) in [6.07, 6.45) is 0.115. The van der Waals surface area contributed by atoms with E-state index in [1.54, 1.807) is 6.07 Å². The summed E-state index contributed by atoms with van der Waals surface area (Å²) in [4.78, 5) is 13.1. The maximum atomic E-state index is 13.1. The van der Waals surface area contributed by atoms with Crippen molar-refractivity contribution in [3.8, 4) is 17.3 Å². The van der Waals surface area contributed by atoms with E-state index in [2.05, 4.69) is 15.3 Å². The Morgan fingerprint density at radius 2 is 1.66 bits per heavy atom. The van der Waals surface area contributed by atoms with Gasteiger partial charge in [-0.1, -0.05) is 72.4 Å². The predicted molar refractivity (Wildman–Crippen MR) is 137 cm³/mol. The van der Waals surface area contributed by atoms with Crippen LogP contribution in [0.5, 0.6) is 5.75 Å². The molecule has 0 atom stereocenters. The fraction of sp³-hybridized carbons (Fsp3) is 0.185. The van der Waals surface area contributed by atoms with E-state index >= 15 is 0 Å². The molecule has 0 amide bonds. The Morgan fingerprint density at radius 1 is 0.914 bits per heavy atom. The number of hydrogen-bond acceptors (Lipinski definition) is 7. The molecule has 0 saturated carbocycles. The summed E-state index contributed by atoms with van der Waals surface area (Å²) < 4.78 is 13.2. The first-order valence-electron chi connectivity index (χ1n) is 11.3. The quantitative estimate of drug-likeness (QED) is 0.266. The second kappa shape index (κ2) is 10.1. The normalized spacial score (nSPS) is 11.3. The van der Waals surface area contributed by atoms with Gasteiger partial charge >= 0.3 is 0 Å². The third-order valence-corrected chi connectivity index (χ3v) is 6.17. The number of thioether (sulfide) groups is 1. The fourth-order valence-electron chi connectivity index (χ4n) is 3.75. The summed E-state index contributed by atoms with van der Waals surface area (Å²) >= 11 is 1.44. The standard InChI is InChI=1S/C27H24N4O3S/c1-18(2)33-21-12-8-11-20(15-21)17-35-27-29-28-25(34-27)24-22-13-6-7-14-23(22)26(32)31(30-24)16-19-9-4-3-5-10-19/h3-15,18H,16-17H2,1-2H3. The lowest BCUT2D eigenvalue weighted by molar-refractivity contribution is 0.242. The molecule has 0 aliphatic carbocycles. The Hall–Kier alpha value is -3.91. The third kappa shape index (κ3) is 5.27. The molecule has 0 N–H and O–H groups in total. The molecule has 8 heteroatoms. The first-order valence-corrected chi connectivity index (χ1v) is 12.3. The van der Waals surface area contributed by atoms with Crippen LogP contribution in [0.1, 0.15) is 25.0 Å². The second-order valence-corrected chi connectivity index (χ2v) is 9.24. The molecule has 2 aromatic heterocycles. The Labute approximate surface area is 206 Å². The maximum Gasteiger partial charge on any atom is 0.277 e. The van der Waals surface area contributed by atoms with Gasteiger partial charge in [0.1, 0.15) is 5.75 Å². The van der Waals surface area contributed by atoms with E-state index in [-0.39, 0.29) is 17.6 Å². The number of nitrogens with zero attached hydrogens (tertiary/aromatic N) is 4. The molecule has 5 aromatic rings. The van der Waals surface area contributed by atoms with Crippen LogP contribution in [0.25, 0.3) is 22.4 Å². The molecule has 35 heavy (non-hydrogen) atoms. The largest absolute Gasteiger partial charge is 0.491 e. The van der Waals surface area contributed by atoms with Crippen molar-refractivity contribution in [3.05, 3.63) is 100 Å². The van der Waals surface area contributed by atoms with Crippen LogP contribution in [-0.2, 0) is 12.3 Å². The molecule has 0 aliphatic heterocycles. The van der Waals surface area contributed by atoms with Gasteiger partial charge < -0.3 is 9.15 Å². The van der Waals surface area contributed by atoms with Crippen molar-refractivity contribution in [2.45, 2.75) is 37.5 Å². The van der Waals surface area contributed by atoms with E-state index in [0.29, 0.717) is 34.0 Å². The molecule has 0 unspecified atom stereocenters. The average molecular weight is 485 g/mol. The van der Waals surface area contributed by atoms with Gasteiger partial charge in [0.25, 0.3) is 16.7 Å². The van der Waals surface area contributed by atoms with Gasteiger partial charge in [0.2, 0.25) is 0 Å². The molecule has 0 fully saturated rings. The van der Waals surface area contributed by atoms with E-state index in [9.17, 15) is 4.79 Å². The molecule has 7 nitrogen and oxygen atoms in total. The Bertz CT molecular complexity index is 1510. The molecule has 2 heterocycles. The van der Waals surface area contributed by atoms with Crippen molar-refractivity contribution in [2.75, 3.05) is 0 Å². The van der Waals surface area contributed by atoms with Crippen LogP contribution >= 0.6 is 11.8 Å². The summed E-state index contributed by atoms with van der Waals surface area (Å²) in [5, 5.41) is 14.7. The maximum absolute atomic E-state index is 13.1. The van der Waals surface area contributed by atoms with Crippen LogP contribution in [0.4, 0.5) is 0 Å². The Morgan fingerprint density at radius 3 is 2.46 bits per heavy atom. The van der Waals surface area contributed by atoms with Gasteiger partial charge in [-0.15, -0.1) is 10.2 Å². The van der Waals surface area contributed by atoms with E-state index in [1.165, 1.54) is 16.4 Å². The number of benzene rings is 3. The van der Waals surface area contributed by atoms with Gasteiger partial charge in [0, 0.05) is 11.1 Å². The predicted octanol–water partition coefficient (Wildman–Crippen LogP) is 5.57. The summed E-state index contributed by atoms with van der Waals surface area (Å²) in [6, 6.07) is 25.1. The summed E-state index contributed by atoms with van der Waals surface area (Å²) in [6.45, 7) is 4.35. The molecule has 0 spiro atoms. The minimum atomic E-state index is -0.161. The number of fused-ring (bicyclic) bond motifs is 1. The lowest BCUT2D eigenvalue weighted by atomic mass is 10.1. The Balaban J connectivity index is 1.43. The van der Waals surface area contributed by atoms with E-state index in [1.807, 2.05) is 86.6 Å². The number of aromatic nitrogens is 4. The minimum absolute atomic E-state index is 0.115. The zero-order chi connectivity index (χ0) is 24.2. The summed E-state index contributed by atoms with van der Waals surface area (Å²) in [5.74, 6) is 1.77. The van der Waals surface area contributed by atoms with Gasteiger partial charge in [0.15, 0.2) is 5.69 Å². The first-order chi connectivity index (χ1) is 17.1. The summed E-state index contributed by atoms with van der Waals surface area (Å²) in [5.41, 5.74) is 2.40. The Kier molecular flexibility index (Phi) is 6.63. The van der Waals surface area contributed by atoms with Gasteiger partial charge in [-0.25, -0.2) is 4.68 Å². The van der Waals surface area contributed by atoms with Crippen LogP contribution in [0.2, 0.25) is 0 Å². The van der Waals surface area contributed by atoms with Crippen LogP contribution in [-0.4, -0.2) is 26.1 Å². The zero-order valence-corrected chi connectivity index (χ0v) is 20.2. The van der Waals surface area contributed by atoms with Crippen LogP contribution in [0, 0.1) is 0 Å². The van der Waals surface area contributed by atoms with E-state index < -0.39 is 0 Å². The molecular formula is C27H24N4O3S. The van der Waals surface area contributed by atoms with Crippen LogP contribution in [0.3, 0.4) is 0 Å². The number of rotatable bonds is 8. The van der Waals surface area contributed by atoms with Gasteiger partial charge in [-0.3, -0.25) is 4.79 Å². The van der Waals surface area contributed by atoms with Crippen molar-refractivity contribution in [1.29, 1.82) is 0 Å². The van der Waals surface area contributed by atoms with Crippen molar-refractivity contribution in [1.82, 2.24) is 20.0 Å². The molecule has 0 aliphatic rings. The monoisotopic (exact) mass is 484 g/mol. The van der Waals surface area contributed by atoms with Gasteiger partial charge in [-0.05, 0) is 43.2 Å². The lowest BCUT2D eigenvalue weighted by Crippen LogP contribution is -2.24. The SMILES string of the molecule is CC(C)Oc1cccc(CSc2nnc(-c3nn(Cc4ccccc4)c(=O)c4ccccc34)o2)c1. The molecule has 0 radical (unpaired) electrons. The number of hydrogen-bond donors (Lipinski definition) is 0. The van der Waals surface area contributed by atoms with Crippen molar-refractivity contribution in [3.63, 3.8) is 0 Å². The molecule has 3 aromatic carbocycles. The second-order valence-electron chi connectivity index (χ2n) is 8.32. The molecule has 176 valence electrons. The lowest BCUT2D eigenvalue weighted by Gasteiger charge is -2.10. The van der Waals surface area contributed by atoms with Crippen LogP contribution in [0.15, 0.2) is 93.3 Å². The van der Waals surface area contributed by atoms with Crippen LogP contribution < -0.4 is 10.3 Å². The highest BCUT2D eigenvalue weighted by atomic mass is 32.2. The third-order valence-electron chi connectivity index (χ3n) is 5.28. The highest BCUT2D eigenvalue weighted by molar-refractivity contribution is 7.98. The highest BCUT2D eigenvalue weighted by Crippen LogP contribution is 2.29. The average Bonchev–Trinajstić information content (AvgIpc) is 3.34. The van der Waals surface area contributed by atoms with Crippen molar-refractivity contribution >= 4 is 22.5 Å². The van der Waals surface area contributed by atoms with E-state index in [0.717, 1.165) is 16.9 Å². The molecule has 0 bridgehead atoms. The minimum Gasteiger partial charge on any atom is -0.491 e. The van der Waals surface area contributed by atoms with E-state index in [4.69, 9.17) is 9.15 Å². The molecular weight excluding hydrogens is 460 g/mol. The van der Waals surface area contributed by atoms with Gasteiger partial charge in [0.05, 0.1) is 18.0 Å². The van der Waals surface area contributed by atoms with Gasteiger partial charge in [-0.2, -0.15) is 5.10 Å². The molecule has 0 saturated heterocycles.